The number of amides is 1. The van der Waals surface area contributed by atoms with Crippen molar-refractivity contribution in [1.29, 1.82) is 0 Å². The Labute approximate surface area is 168 Å². The van der Waals surface area contributed by atoms with Crippen LogP contribution in [0.15, 0.2) is 41.6 Å². The molecule has 1 N–H and O–H groups in total. The van der Waals surface area contributed by atoms with Crippen molar-refractivity contribution in [2.45, 2.75) is 20.0 Å². The van der Waals surface area contributed by atoms with Crippen molar-refractivity contribution in [3.63, 3.8) is 0 Å². The number of hydrogen-bond acceptors (Lipinski definition) is 5. The van der Waals surface area contributed by atoms with Crippen LogP contribution in [0.5, 0.6) is 11.5 Å². The average molecular weight is 411 g/mol. The normalized spacial score (nSPS) is 11.9. The minimum Gasteiger partial charge on any atom is -0.493 e. The van der Waals surface area contributed by atoms with Crippen LogP contribution in [0, 0.1) is 0 Å². The maximum Gasteiger partial charge on any atom is 0.268 e. The molecule has 0 saturated carbocycles. The summed E-state index contributed by atoms with van der Waals surface area (Å²) in [5.74, 6) is 0.826. The lowest BCUT2D eigenvalue weighted by atomic mass is 10.2. The van der Waals surface area contributed by atoms with Crippen LogP contribution in [-0.2, 0) is 9.63 Å². The van der Waals surface area contributed by atoms with Crippen LogP contribution in [0.3, 0.4) is 0 Å². The summed E-state index contributed by atoms with van der Waals surface area (Å²) in [4.78, 5) is 17.4. The number of carbonyl (C=O) groups is 1. The number of ether oxygens (including phenoxy) is 2. The third-order valence-corrected chi connectivity index (χ3v) is 4.03. The lowest BCUT2D eigenvalue weighted by Gasteiger charge is -2.12. The fourth-order valence-electron chi connectivity index (χ4n) is 2.10. The predicted octanol–water partition coefficient (Wildman–Crippen LogP) is 4.78. The molecule has 2 aromatic carbocycles. The van der Waals surface area contributed by atoms with Gasteiger partial charge in [0.05, 0.1) is 30.6 Å². The number of nitrogens with one attached hydrogen (secondary N) is 1. The lowest BCUT2D eigenvalue weighted by Crippen LogP contribution is -2.26. The van der Waals surface area contributed by atoms with Gasteiger partial charge in [0.2, 0.25) is 6.10 Å². The molecule has 2 aromatic rings. The molecular formula is C19H20Cl2N2O4. The molecule has 0 fully saturated rings. The Balaban J connectivity index is 1.96. The summed E-state index contributed by atoms with van der Waals surface area (Å²) in [6.07, 6.45) is 0.648. The van der Waals surface area contributed by atoms with Crippen molar-refractivity contribution >= 4 is 41.0 Å². The van der Waals surface area contributed by atoms with Crippen LogP contribution in [0.4, 0.5) is 5.69 Å². The van der Waals surface area contributed by atoms with Crippen molar-refractivity contribution in [2.75, 3.05) is 19.0 Å². The number of methoxy groups -OCH3 is 1. The fourth-order valence-corrected chi connectivity index (χ4v) is 2.43. The smallest absolute Gasteiger partial charge is 0.268 e. The first kappa shape index (κ1) is 20.9. The summed E-state index contributed by atoms with van der Waals surface area (Å²) in [7, 11) is 1.56. The van der Waals surface area contributed by atoms with E-state index >= 15 is 0 Å². The summed E-state index contributed by atoms with van der Waals surface area (Å²) in [5.41, 5.74) is 1.14. The summed E-state index contributed by atoms with van der Waals surface area (Å²) in [6, 6.07) is 10.1. The monoisotopic (exact) mass is 410 g/mol. The van der Waals surface area contributed by atoms with E-state index in [1.54, 1.807) is 50.4 Å². The highest BCUT2D eigenvalue weighted by molar-refractivity contribution is 6.35. The van der Waals surface area contributed by atoms with Crippen molar-refractivity contribution in [3.8, 4) is 11.5 Å². The molecule has 0 heterocycles. The van der Waals surface area contributed by atoms with Gasteiger partial charge in [0.15, 0.2) is 11.5 Å². The summed E-state index contributed by atoms with van der Waals surface area (Å²) in [6.45, 7) is 4.01. The van der Waals surface area contributed by atoms with Gasteiger partial charge in [-0.15, -0.1) is 0 Å². The van der Waals surface area contributed by atoms with Crippen molar-refractivity contribution < 1.29 is 19.1 Å². The number of nitrogens with zero attached hydrogens (tertiary/aromatic N) is 1. The first-order chi connectivity index (χ1) is 12.9. The van der Waals surface area contributed by atoms with Gasteiger partial charge in [-0.1, -0.05) is 28.4 Å². The maximum absolute atomic E-state index is 12.2. The van der Waals surface area contributed by atoms with E-state index in [0.29, 0.717) is 33.8 Å². The van der Waals surface area contributed by atoms with E-state index in [1.807, 2.05) is 6.92 Å². The fraction of sp³-hybridized carbons (Fsp3) is 0.263. The first-order valence-corrected chi connectivity index (χ1v) is 8.96. The number of rotatable bonds is 8. The van der Waals surface area contributed by atoms with E-state index in [1.165, 1.54) is 6.21 Å². The Morgan fingerprint density at radius 2 is 2.00 bits per heavy atom. The summed E-state index contributed by atoms with van der Waals surface area (Å²) < 4.78 is 10.7. The molecule has 0 aliphatic rings. The van der Waals surface area contributed by atoms with Gasteiger partial charge in [-0.2, -0.15) is 0 Å². The van der Waals surface area contributed by atoms with Crippen LogP contribution < -0.4 is 14.8 Å². The van der Waals surface area contributed by atoms with Gasteiger partial charge >= 0.3 is 0 Å². The minimum atomic E-state index is -0.833. The number of oxime groups is 1. The minimum absolute atomic E-state index is 0.380. The first-order valence-electron chi connectivity index (χ1n) is 8.20. The third-order valence-electron chi connectivity index (χ3n) is 3.46. The van der Waals surface area contributed by atoms with Crippen LogP contribution in [0.2, 0.25) is 10.0 Å². The van der Waals surface area contributed by atoms with Gasteiger partial charge in [-0.25, -0.2) is 0 Å². The SMILES string of the molecule is CCOc1ccc(/C=N\O[C@@H](C)C(=O)Nc2cc(Cl)ccc2Cl)cc1OC. The van der Waals surface area contributed by atoms with E-state index in [-0.39, 0.29) is 0 Å². The molecule has 0 unspecified atom stereocenters. The maximum atomic E-state index is 12.2. The largest absolute Gasteiger partial charge is 0.493 e. The molecule has 0 aliphatic heterocycles. The summed E-state index contributed by atoms with van der Waals surface area (Å²) >= 11 is 11.9. The molecule has 6 nitrogen and oxygen atoms in total. The van der Waals surface area contributed by atoms with Gasteiger partial charge in [-0.05, 0) is 50.2 Å². The molecule has 1 amide bonds. The van der Waals surface area contributed by atoms with E-state index in [0.717, 1.165) is 5.56 Å². The van der Waals surface area contributed by atoms with Gasteiger partial charge in [0.1, 0.15) is 0 Å². The molecule has 2 rings (SSSR count). The highest BCUT2D eigenvalue weighted by Gasteiger charge is 2.16. The van der Waals surface area contributed by atoms with Gasteiger partial charge in [0.25, 0.3) is 5.91 Å². The van der Waals surface area contributed by atoms with Gasteiger partial charge in [0, 0.05) is 10.6 Å². The van der Waals surface area contributed by atoms with Crippen molar-refractivity contribution in [3.05, 3.63) is 52.0 Å². The molecule has 144 valence electrons. The molecule has 0 aliphatic carbocycles. The van der Waals surface area contributed by atoms with E-state index in [2.05, 4.69) is 10.5 Å². The second-order valence-electron chi connectivity index (χ2n) is 5.44. The standard InChI is InChI=1S/C19H20Cl2N2O4/c1-4-26-17-8-5-13(9-18(17)25-3)11-22-27-12(2)19(24)23-16-10-14(20)6-7-15(16)21/h5-12H,4H2,1-3H3,(H,23,24)/b22-11-/t12-/m0/s1. The number of hydrogen-bond donors (Lipinski definition) is 1. The van der Waals surface area contributed by atoms with E-state index in [9.17, 15) is 4.79 Å². The van der Waals surface area contributed by atoms with Crippen LogP contribution in [-0.4, -0.2) is 31.9 Å². The molecule has 27 heavy (non-hydrogen) atoms. The highest BCUT2D eigenvalue weighted by Crippen LogP contribution is 2.27. The number of halogens is 2. The zero-order valence-corrected chi connectivity index (χ0v) is 16.7. The molecule has 0 saturated heterocycles. The molecular weight excluding hydrogens is 391 g/mol. The molecule has 1 atom stereocenters. The van der Waals surface area contributed by atoms with E-state index < -0.39 is 12.0 Å². The molecule has 0 radical (unpaired) electrons. The summed E-state index contributed by atoms with van der Waals surface area (Å²) in [5, 5.41) is 7.35. The Kier molecular flexibility index (Phi) is 7.76. The van der Waals surface area contributed by atoms with Crippen LogP contribution >= 0.6 is 23.2 Å². The third kappa shape index (κ3) is 6.05. The molecule has 8 heteroatoms. The number of carbonyl (C=O) groups excluding carboxylic acids is 1. The zero-order valence-electron chi connectivity index (χ0n) is 15.2. The van der Waals surface area contributed by atoms with Crippen molar-refractivity contribution in [1.82, 2.24) is 0 Å². The Bertz CT molecular complexity index is 827. The Hall–Kier alpha value is -2.44. The molecule has 0 aromatic heterocycles. The quantitative estimate of drug-likeness (QED) is 0.502. The second-order valence-corrected chi connectivity index (χ2v) is 6.28. The average Bonchev–Trinajstić information content (AvgIpc) is 2.65. The van der Waals surface area contributed by atoms with Crippen molar-refractivity contribution in [2.24, 2.45) is 5.16 Å². The lowest BCUT2D eigenvalue weighted by molar-refractivity contribution is -0.126. The van der Waals surface area contributed by atoms with Crippen LogP contribution in [0.1, 0.15) is 19.4 Å². The van der Waals surface area contributed by atoms with E-state index in [4.69, 9.17) is 37.5 Å². The second kappa shape index (κ2) is 10.0. The Morgan fingerprint density at radius 1 is 1.22 bits per heavy atom. The predicted molar refractivity (Wildman–Crippen MR) is 107 cm³/mol. The number of anilines is 1. The van der Waals surface area contributed by atoms with Gasteiger partial charge in [-0.3, -0.25) is 4.79 Å². The molecule has 0 spiro atoms. The van der Waals surface area contributed by atoms with Gasteiger partial charge < -0.3 is 19.6 Å². The Morgan fingerprint density at radius 3 is 2.70 bits per heavy atom. The highest BCUT2D eigenvalue weighted by atomic mass is 35.5. The topological polar surface area (TPSA) is 69.2 Å². The zero-order chi connectivity index (χ0) is 19.8. The number of benzene rings is 2. The molecule has 0 bridgehead atoms. The van der Waals surface area contributed by atoms with Crippen LogP contribution in [0.25, 0.3) is 0 Å².